The minimum Gasteiger partial charge on any atom is -0.460 e. The van der Waals surface area contributed by atoms with E-state index in [1.807, 2.05) is 24.3 Å². The molecule has 16 heteroatoms. The van der Waals surface area contributed by atoms with Crippen molar-refractivity contribution in [2.24, 2.45) is 11.7 Å². The van der Waals surface area contributed by atoms with E-state index in [-0.39, 0.29) is 31.8 Å². The van der Waals surface area contributed by atoms with Gasteiger partial charge in [0.2, 0.25) is 23.6 Å². The highest BCUT2D eigenvalue weighted by molar-refractivity contribution is 7.52. The fourth-order valence-corrected chi connectivity index (χ4v) is 8.63. The molecule has 5 N–H and O–H groups in total. The fourth-order valence-electron chi connectivity index (χ4n) is 7.16. The number of ether oxygens (including phenoxy) is 1. The van der Waals surface area contributed by atoms with Gasteiger partial charge in [0.25, 0.3) is 0 Å². The number of fused-ring (bicyclic) bond motifs is 1. The third-order valence-corrected chi connectivity index (χ3v) is 11.5. The molecule has 15 nitrogen and oxygen atoms in total. The highest BCUT2D eigenvalue weighted by Gasteiger charge is 2.44. The Balaban J connectivity index is 1.49. The highest BCUT2D eigenvalue weighted by atomic mass is 31.2. The van der Waals surface area contributed by atoms with E-state index < -0.39 is 77.9 Å². The van der Waals surface area contributed by atoms with Crippen molar-refractivity contribution in [3.63, 3.8) is 0 Å². The van der Waals surface area contributed by atoms with Gasteiger partial charge in [0, 0.05) is 6.54 Å². The van der Waals surface area contributed by atoms with E-state index in [2.05, 4.69) is 34.1 Å². The van der Waals surface area contributed by atoms with Crippen LogP contribution in [0.3, 0.4) is 0 Å². The minimum atomic E-state index is -3.98. The number of aryl methyl sites for hydroxylation is 1. The number of hydrogen-bond donors (Lipinski definition) is 4. The highest BCUT2D eigenvalue weighted by Crippen LogP contribution is 2.53. The van der Waals surface area contributed by atoms with Gasteiger partial charge in [-0.15, -0.1) is 9.35 Å². The van der Waals surface area contributed by atoms with Gasteiger partial charge in [0.05, 0.1) is 36.1 Å². The maximum absolute atomic E-state index is 14.4. The summed E-state index contributed by atoms with van der Waals surface area (Å²) in [5, 5.41) is 10.8. The molecule has 0 heterocycles. The van der Waals surface area contributed by atoms with Crippen LogP contribution in [0.25, 0.3) is 10.8 Å². The topological polar surface area (TPSA) is 211 Å². The monoisotopic (exact) mass is 908 g/mol. The molecule has 0 spiro atoms. The molecule has 0 unspecified atom stereocenters. The molecule has 3 aromatic rings. The summed E-state index contributed by atoms with van der Waals surface area (Å²) < 4.78 is 30.0. The fraction of sp³-hybridized carbons (Fsp3) is 0.562. The van der Waals surface area contributed by atoms with Crippen LogP contribution in [0, 0.1) is 5.92 Å². The second kappa shape index (κ2) is 22.5. The van der Waals surface area contributed by atoms with E-state index >= 15 is 0 Å². The van der Waals surface area contributed by atoms with E-state index in [1.165, 1.54) is 0 Å². The molecule has 4 rings (SSSR count). The normalized spacial score (nSPS) is 15.5. The van der Waals surface area contributed by atoms with E-state index in [9.17, 15) is 28.5 Å². The molecule has 352 valence electrons. The van der Waals surface area contributed by atoms with Crippen molar-refractivity contribution in [3.8, 4) is 0 Å². The molecule has 2 atom stereocenters. The van der Waals surface area contributed by atoms with Crippen molar-refractivity contribution < 1.29 is 52.4 Å². The Hall–Kier alpha value is -4.66. The summed E-state index contributed by atoms with van der Waals surface area (Å²) in [5.41, 5.74) is 4.08. The first-order chi connectivity index (χ1) is 29.8. The summed E-state index contributed by atoms with van der Waals surface area (Å²) >= 11 is 0. The average molecular weight is 909 g/mol. The lowest BCUT2D eigenvalue weighted by atomic mass is 9.79. The largest absolute Gasteiger partial charge is 0.460 e. The van der Waals surface area contributed by atoms with Crippen molar-refractivity contribution in [1.82, 2.24) is 16.0 Å². The van der Waals surface area contributed by atoms with Crippen molar-refractivity contribution in [1.29, 1.82) is 0 Å². The predicted octanol–water partition coefficient (Wildman–Crippen LogP) is 7.85. The van der Waals surface area contributed by atoms with E-state index in [0.29, 0.717) is 43.4 Å². The first-order valence-electron chi connectivity index (χ1n) is 22.1. The molecule has 0 radical (unpaired) electrons. The smallest absolute Gasteiger partial charge is 0.388 e. The van der Waals surface area contributed by atoms with E-state index in [4.69, 9.17) is 29.6 Å². The molecule has 0 aromatic heterocycles. The molecule has 0 aliphatic heterocycles. The van der Waals surface area contributed by atoms with Crippen molar-refractivity contribution in [2.45, 2.75) is 161 Å². The Kier molecular flexibility index (Phi) is 18.3. The van der Waals surface area contributed by atoms with Crippen LogP contribution in [0.1, 0.15) is 130 Å². The van der Waals surface area contributed by atoms with Crippen LogP contribution in [0.15, 0.2) is 66.7 Å². The summed E-state index contributed by atoms with van der Waals surface area (Å²) in [6.07, 6.45) is 3.09. The SMILES string of the molecule is CC(C)(C)OOP(=O)(Cc1ccc(C[C@H](CC(=O)OC(C)(C)C)C(=O)NC2(C(=O)N[C@@H](CC(N)=O)C(=O)NCCCc3ccc4ccccc4c3)CCCCC2)cc1)OOC(C)(C)C. The van der Waals surface area contributed by atoms with Crippen LogP contribution in [-0.2, 0) is 71.4 Å². The number of benzene rings is 3. The van der Waals surface area contributed by atoms with Gasteiger partial charge in [-0.3, -0.25) is 28.5 Å². The second-order valence-electron chi connectivity index (χ2n) is 19.7. The van der Waals surface area contributed by atoms with Gasteiger partial charge in [-0.2, -0.15) is 0 Å². The van der Waals surface area contributed by atoms with Gasteiger partial charge < -0.3 is 26.4 Å². The third kappa shape index (κ3) is 17.7. The van der Waals surface area contributed by atoms with Gasteiger partial charge in [0.15, 0.2) is 0 Å². The summed E-state index contributed by atoms with van der Waals surface area (Å²) in [7, 11) is -3.98. The Morgan fingerprint density at radius 3 is 1.88 bits per heavy atom. The average Bonchev–Trinajstić information content (AvgIpc) is 3.20. The molecule has 0 saturated heterocycles. The Labute approximate surface area is 378 Å². The Morgan fingerprint density at radius 2 is 1.30 bits per heavy atom. The lowest BCUT2D eigenvalue weighted by Gasteiger charge is -2.38. The van der Waals surface area contributed by atoms with Crippen molar-refractivity contribution in [2.75, 3.05) is 6.54 Å². The van der Waals surface area contributed by atoms with Crippen LogP contribution in [-0.4, -0.2) is 64.5 Å². The molecule has 64 heavy (non-hydrogen) atoms. The number of carbonyl (C=O) groups excluding carboxylic acids is 5. The third-order valence-electron chi connectivity index (χ3n) is 10.2. The molecular formula is C48H69N4O11P. The second-order valence-corrected chi connectivity index (χ2v) is 21.6. The van der Waals surface area contributed by atoms with E-state index in [1.54, 1.807) is 86.6 Å². The van der Waals surface area contributed by atoms with Gasteiger partial charge >= 0.3 is 13.6 Å². The summed E-state index contributed by atoms with van der Waals surface area (Å²) in [4.78, 5) is 78.3. The lowest BCUT2D eigenvalue weighted by Crippen LogP contribution is -2.63. The van der Waals surface area contributed by atoms with Gasteiger partial charge in [0.1, 0.15) is 17.2 Å². The van der Waals surface area contributed by atoms with Crippen molar-refractivity contribution in [3.05, 3.63) is 83.4 Å². The summed E-state index contributed by atoms with van der Waals surface area (Å²) in [6.45, 7) is 15.9. The standard InChI is InChI=1S/C48H69N4O11P/c1-45(2,3)59-41(54)30-38(29-34-19-21-35(22-20-34)32-64(58,62-60-46(4,5)6)63-61-47(7,8)9)42(55)52-48(25-13-10-14-26-48)44(57)51-39(31-40(49)53)43(56)50-27-15-16-33-23-24-36-17-11-12-18-37(36)28-33/h11-12,17-24,28,38-39H,10,13-16,25-27,29-32H2,1-9H3,(H2,49,53)(H,50,56)(H,51,57)(H,52,55)/t38-,39+/m1/s1. The number of primary amides is 1. The number of rotatable bonds is 21. The number of hydrogen-bond acceptors (Lipinski definition) is 11. The van der Waals surface area contributed by atoms with Crippen LogP contribution >= 0.6 is 7.60 Å². The van der Waals surface area contributed by atoms with Crippen LogP contribution in [0.4, 0.5) is 0 Å². The lowest BCUT2D eigenvalue weighted by molar-refractivity contribution is -0.326. The Morgan fingerprint density at radius 1 is 0.719 bits per heavy atom. The molecule has 1 aliphatic carbocycles. The van der Waals surface area contributed by atoms with Crippen LogP contribution in [0.5, 0.6) is 0 Å². The maximum Gasteiger partial charge on any atom is 0.388 e. The van der Waals surface area contributed by atoms with Crippen molar-refractivity contribution >= 4 is 48.0 Å². The number of nitrogens with one attached hydrogen (secondary N) is 3. The molecule has 1 fully saturated rings. The van der Waals surface area contributed by atoms with Gasteiger partial charge in [-0.05, 0) is 122 Å². The number of carbonyl (C=O) groups is 5. The zero-order valence-electron chi connectivity index (χ0n) is 39.0. The van der Waals surface area contributed by atoms with Gasteiger partial charge in [-0.25, -0.2) is 9.78 Å². The minimum absolute atomic E-state index is 0.0832. The molecule has 3 aromatic carbocycles. The molecule has 1 aliphatic rings. The first kappa shape index (κ1) is 52.0. The maximum atomic E-state index is 14.4. The summed E-state index contributed by atoms with van der Waals surface area (Å²) in [6, 6.07) is 19.9. The van der Waals surface area contributed by atoms with E-state index in [0.717, 1.165) is 22.8 Å². The summed E-state index contributed by atoms with van der Waals surface area (Å²) in [5.74, 6) is -4.08. The quantitative estimate of drug-likeness (QED) is 0.0266. The number of nitrogens with two attached hydrogens (primary N) is 1. The first-order valence-corrected chi connectivity index (χ1v) is 23.9. The van der Waals surface area contributed by atoms with Crippen LogP contribution in [0.2, 0.25) is 0 Å². The zero-order chi connectivity index (χ0) is 47.3. The predicted molar refractivity (Wildman–Crippen MR) is 244 cm³/mol. The molecular weight excluding hydrogens is 840 g/mol. The van der Waals surface area contributed by atoms with Crippen LogP contribution < -0.4 is 21.7 Å². The number of esters is 1. The Bertz CT molecular complexity index is 2090. The zero-order valence-corrected chi connectivity index (χ0v) is 39.9. The molecule has 0 bridgehead atoms. The molecule has 1 saturated carbocycles. The number of amides is 4. The molecule has 4 amide bonds. The van der Waals surface area contributed by atoms with Gasteiger partial charge in [-0.1, -0.05) is 86.0 Å².